The minimum absolute atomic E-state index is 0.114. The van der Waals surface area contributed by atoms with Crippen LogP contribution in [0.4, 0.5) is 14.9 Å². The summed E-state index contributed by atoms with van der Waals surface area (Å²) in [7, 11) is 0. The molecule has 1 amide bonds. The molecule has 0 radical (unpaired) electrons. The van der Waals surface area contributed by atoms with Gasteiger partial charge >= 0.3 is 12.1 Å². The van der Waals surface area contributed by atoms with E-state index in [1.54, 1.807) is 36.6 Å². The minimum Gasteiger partial charge on any atom is -0.476 e. The highest BCUT2D eigenvalue weighted by molar-refractivity contribution is 9.10. The lowest BCUT2D eigenvalue weighted by atomic mass is 10.1. The Hall–Kier alpha value is -2.13. The highest BCUT2D eigenvalue weighted by atomic mass is 79.9. The maximum Gasteiger partial charge on any atom is 0.410 e. The predicted octanol–water partition coefficient (Wildman–Crippen LogP) is 5.11. The summed E-state index contributed by atoms with van der Waals surface area (Å²) >= 11 is 9.92. The van der Waals surface area contributed by atoms with Gasteiger partial charge in [-0.25, -0.2) is 19.0 Å². The van der Waals surface area contributed by atoms with Crippen molar-refractivity contribution in [2.24, 2.45) is 0 Å². The molecule has 0 bridgehead atoms. The number of pyridine rings is 1. The van der Waals surface area contributed by atoms with Gasteiger partial charge in [0.1, 0.15) is 5.60 Å². The number of aryl methyl sites for hydroxylation is 1. The molecule has 1 saturated heterocycles. The van der Waals surface area contributed by atoms with Crippen LogP contribution in [0.1, 0.15) is 43.7 Å². The van der Waals surface area contributed by atoms with E-state index in [9.17, 15) is 14.7 Å². The highest BCUT2D eigenvalue weighted by Gasteiger charge is 2.31. The van der Waals surface area contributed by atoms with Gasteiger partial charge in [-0.1, -0.05) is 18.5 Å². The molecular formula is C21H24BrClFN3O4. The molecule has 1 aromatic heterocycles. The monoisotopic (exact) mass is 515 g/mol. The summed E-state index contributed by atoms with van der Waals surface area (Å²) in [6, 6.07) is 1.69. The van der Waals surface area contributed by atoms with Gasteiger partial charge in [-0.2, -0.15) is 0 Å². The second kappa shape index (κ2) is 8.78. The van der Waals surface area contributed by atoms with Crippen LogP contribution in [0.15, 0.2) is 10.5 Å². The molecule has 0 unspecified atom stereocenters. The lowest BCUT2D eigenvalue weighted by Crippen LogP contribution is -2.50. The number of carbonyl (C=O) groups is 2. The number of carbonyl (C=O) groups excluding carboxylic acids is 1. The number of halogens is 3. The van der Waals surface area contributed by atoms with Crippen LogP contribution in [0, 0.1) is 5.82 Å². The minimum atomic E-state index is -1.45. The fourth-order valence-electron chi connectivity index (χ4n) is 3.50. The van der Waals surface area contributed by atoms with Crippen molar-refractivity contribution in [3.63, 3.8) is 0 Å². The normalized spacial score (nSPS) is 14.8. The van der Waals surface area contributed by atoms with Crippen LogP contribution >= 0.6 is 27.5 Å². The number of anilines is 1. The van der Waals surface area contributed by atoms with Crippen LogP contribution in [0.5, 0.6) is 0 Å². The molecule has 2 heterocycles. The molecule has 168 valence electrons. The van der Waals surface area contributed by atoms with Crippen LogP contribution in [-0.4, -0.2) is 58.8 Å². The Morgan fingerprint density at radius 1 is 1.29 bits per heavy atom. The standard InChI is InChI=1S/C21H24BrClFN3O4/c1-5-11-10-12-13(14(22)15(11)23)18(16(24)17(25-12)19(28)29)26-6-8-27(9-7-26)20(30)31-21(2,3)4/h10H,5-9H2,1-4H3,(H,28,29). The molecule has 0 aliphatic carbocycles. The van der Waals surface area contributed by atoms with Gasteiger partial charge in [0.15, 0.2) is 11.5 Å². The molecule has 0 saturated carbocycles. The third-order valence-electron chi connectivity index (χ3n) is 4.98. The number of nitrogens with zero attached hydrogens (tertiary/aromatic N) is 3. The highest BCUT2D eigenvalue weighted by Crippen LogP contribution is 2.41. The molecule has 0 spiro atoms. The number of rotatable bonds is 3. The molecule has 1 aromatic carbocycles. The number of aromatic nitrogens is 1. The van der Waals surface area contributed by atoms with Crippen molar-refractivity contribution in [3.05, 3.63) is 32.6 Å². The summed E-state index contributed by atoms with van der Waals surface area (Å²) in [6.45, 7) is 8.49. The molecule has 31 heavy (non-hydrogen) atoms. The van der Waals surface area contributed by atoms with Crippen molar-refractivity contribution in [3.8, 4) is 0 Å². The number of benzene rings is 1. The van der Waals surface area contributed by atoms with E-state index in [1.165, 1.54) is 0 Å². The molecule has 10 heteroatoms. The number of hydrogen-bond donors (Lipinski definition) is 1. The summed E-state index contributed by atoms with van der Waals surface area (Å²) in [6.07, 6.45) is 0.175. The van der Waals surface area contributed by atoms with E-state index in [2.05, 4.69) is 20.9 Å². The third kappa shape index (κ3) is 4.72. The number of hydrogen-bond acceptors (Lipinski definition) is 5. The van der Waals surface area contributed by atoms with E-state index >= 15 is 4.39 Å². The summed E-state index contributed by atoms with van der Waals surface area (Å²) in [5, 5.41) is 10.3. The van der Waals surface area contributed by atoms with Crippen LogP contribution in [0.25, 0.3) is 10.9 Å². The van der Waals surface area contributed by atoms with Gasteiger partial charge in [0.25, 0.3) is 0 Å². The first-order chi connectivity index (χ1) is 14.4. The number of carboxylic acids is 1. The first kappa shape index (κ1) is 23.5. The Morgan fingerprint density at radius 2 is 1.90 bits per heavy atom. The topological polar surface area (TPSA) is 83.0 Å². The molecule has 0 atom stereocenters. The van der Waals surface area contributed by atoms with Crippen LogP contribution in [-0.2, 0) is 11.2 Å². The van der Waals surface area contributed by atoms with Crippen molar-refractivity contribution in [2.45, 2.75) is 39.7 Å². The van der Waals surface area contributed by atoms with Crippen molar-refractivity contribution >= 4 is 56.2 Å². The van der Waals surface area contributed by atoms with Crippen molar-refractivity contribution in [1.29, 1.82) is 0 Å². The average molecular weight is 517 g/mol. The molecule has 7 nitrogen and oxygen atoms in total. The first-order valence-electron chi connectivity index (χ1n) is 9.90. The van der Waals surface area contributed by atoms with Gasteiger partial charge in [0.05, 0.1) is 16.2 Å². The smallest absolute Gasteiger partial charge is 0.410 e. The van der Waals surface area contributed by atoms with Gasteiger partial charge in [-0.05, 0) is 54.8 Å². The Kier molecular flexibility index (Phi) is 6.67. The van der Waals surface area contributed by atoms with Crippen molar-refractivity contribution in [1.82, 2.24) is 9.88 Å². The predicted molar refractivity (Wildman–Crippen MR) is 121 cm³/mol. The number of piperazine rings is 1. The number of ether oxygens (including phenoxy) is 1. The molecule has 2 aromatic rings. The Labute approximate surface area is 193 Å². The van der Waals surface area contributed by atoms with Gasteiger partial charge in [0.2, 0.25) is 0 Å². The molecule has 3 rings (SSSR count). The van der Waals surface area contributed by atoms with Gasteiger partial charge in [0, 0.05) is 36.0 Å². The van der Waals surface area contributed by atoms with E-state index in [-0.39, 0.29) is 5.69 Å². The van der Waals surface area contributed by atoms with Crippen LogP contribution in [0.2, 0.25) is 5.02 Å². The van der Waals surface area contributed by atoms with E-state index in [1.807, 2.05) is 6.92 Å². The van der Waals surface area contributed by atoms with Crippen molar-refractivity contribution in [2.75, 3.05) is 31.1 Å². The quantitative estimate of drug-likeness (QED) is 0.611. The number of fused-ring (bicyclic) bond motifs is 1. The van der Waals surface area contributed by atoms with Gasteiger partial charge in [-0.3, -0.25) is 0 Å². The van der Waals surface area contributed by atoms with Crippen LogP contribution < -0.4 is 4.90 Å². The largest absolute Gasteiger partial charge is 0.476 e. The fraction of sp³-hybridized carbons (Fsp3) is 0.476. The average Bonchev–Trinajstić information content (AvgIpc) is 2.69. The fourth-order valence-corrected chi connectivity index (χ4v) is 4.43. The Bertz CT molecular complexity index is 1050. The van der Waals surface area contributed by atoms with Crippen LogP contribution in [0.3, 0.4) is 0 Å². The lowest BCUT2D eigenvalue weighted by molar-refractivity contribution is 0.0240. The Balaban J connectivity index is 2.04. The van der Waals surface area contributed by atoms with Crippen molar-refractivity contribution < 1.29 is 23.8 Å². The number of aromatic carboxylic acids is 1. The van der Waals surface area contributed by atoms with E-state index < -0.39 is 29.2 Å². The van der Waals surface area contributed by atoms with Gasteiger partial charge in [-0.15, -0.1) is 0 Å². The zero-order valence-electron chi connectivity index (χ0n) is 17.8. The van der Waals surface area contributed by atoms with E-state index in [0.29, 0.717) is 53.0 Å². The second-order valence-electron chi connectivity index (χ2n) is 8.29. The lowest BCUT2D eigenvalue weighted by Gasteiger charge is -2.37. The van der Waals surface area contributed by atoms with E-state index in [0.717, 1.165) is 5.56 Å². The zero-order chi connectivity index (χ0) is 23.1. The molecular weight excluding hydrogens is 493 g/mol. The second-order valence-corrected chi connectivity index (χ2v) is 9.46. The summed E-state index contributed by atoms with van der Waals surface area (Å²) in [5.74, 6) is -2.37. The number of amides is 1. The zero-order valence-corrected chi connectivity index (χ0v) is 20.1. The first-order valence-corrected chi connectivity index (χ1v) is 11.1. The third-order valence-corrected chi connectivity index (χ3v) is 6.43. The maximum atomic E-state index is 15.4. The Morgan fingerprint density at radius 3 is 2.42 bits per heavy atom. The summed E-state index contributed by atoms with van der Waals surface area (Å²) in [5.41, 5.74) is -0.0268. The van der Waals surface area contributed by atoms with E-state index in [4.69, 9.17) is 16.3 Å². The molecule has 1 fully saturated rings. The molecule has 1 aliphatic heterocycles. The van der Waals surface area contributed by atoms with Gasteiger partial charge < -0.3 is 19.6 Å². The molecule has 1 aliphatic rings. The summed E-state index contributed by atoms with van der Waals surface area (Å²) in [4.78, 5) is 31.3. The summed E-state index contributed by atoms with van der Waals surface area (Å²) < 4.78 is 21.2. The number of carboxylic acid groups (broad SMARTS) is 1. The maximum absolute atomic E-state index is 15.4. The SMILES string of the molecule is CCc1cc2nc(C(=O)O)c(F)c(N3CCN(C(=O)OC(C)(C)C)CC3)c2c(Br)c1Cl. The molecule has 1 N–H and O–H groups in total.